The zero-order chi connectivity index (χ0) is 13.8. The average Bonchev–Trinajstić information content (AvgIpc) is 2.41. The van der Waals surface area contributed by atoms with E-state index >= 15 is 0 Å². The summed E-state index contributed by atoms with van der Waals surface area (Å²) in [5.74, 6) is 0.0861. The van der Waals surface area contributed by atoms with Crippen molar-refractivity contribution in [2.75, 3.05) is 31.1 Å². The molecule has 2 heterocycles. The number of aromatic nitrogens is 1. The normalized spacial score (nSPS) is 18.1. The molecule has 1 aliphatic heterocycles. The molecule has 1 fully saturated rings. The fraction of sp³-hybridized carbons (Fsp3) is 0.538. The lowest BCUT2D eigenvalue weighted by atomic mass is 10.2. The summed E-state index contributed by atoms with van der Waals surface area (Å²) in [6.45, 7) is 4.94. The first kappa shape index (κ1) is 14.2. The van der Waals surface area contributed by atoms with E-state index in [9.17, 15) is 4.39 Å². The average molecular weight is 327 g/mol. The molecular formula is C13H16BrFN4. The van der Waals surface area contributed by atoms with Crippen molar-refractivity contribution < 1.29 is 4.39 Å². The lowest BCUT2D eigenvalue weighted by Crippen LogP contribution is -2.50. The van der Waals surface area contributed by atoms with Crippen LogP contribution in [0.2, 0.25) is 0 Å². The van der Waals surface area contributed by atoms with Crippen LogP contribution in [0.15, 0.2) is 16.7 Å². The number of hydrogen-bond acceptors (Lipinski definition) is 4. The van der Waals surface area contributed by atoms with Crippen LogP contribution in [0.25, 0.3) is 0 Å². The van der Waals surface area contributed by atoms with Crippen molar-refractivity contribution in [3.63, 3.8) is 0 Å². The van der Waals surface area contributed by atoms with Crippen molar-refractivity contribution in [2.24, 2.45) is 0 Å². The molecule has 4 nitrogen and oxygen atoms in total. The van der Waals surface area contributed by atoms with Crippen LogP contribution in [-0.4, -0.2) is 42.1 Å². The molecule has 1 atom stereocenters. The van der Waals surface area contributed by atoms with E-state index in [1.165, 1.54) is 6.07 Å². The van der Waals surface area contributed by atoms with Crippen molar-refractivity contribution in [2.45, 2.75) is 19.4 Å². The SMILES string of the molecule is CCC(C#N)N1CCN(c2ncc(Br)cc2F)CC1. The molecule has 1 aromatic rings. The third kappa shape index (κ3) is 3.23. The molecule has 0 N–H and O–H groups in total. The van der Waals surface area contributed by atoms with E-state index in [-0.39, 0.29) is 11.9 Å². The second-order valence-electron chi connectivity index (χ2n) is 4.54. The topological polar surface area (TPSA) is 43.2 Å². The summed E-state index contributed by atoms with van der Waals surface area (Å²) in [6.07, 6.45) is 2.43. The summed E-state index contributed by atoms with van der Waals surface area (Å²) >= 11 is 3.20. The molecule has 0 aromatic carbocycles. The molecule has 0 spiro atoms. The Kier molecular flexibility index (Phi) is 4.72. The smallest absolute Gasteiger partial charge is 0.166 e. The summed E-state index contributed by atoms with van der Waals surface area (Å²) in [4.78, 5) is 8.21. The second-order valence-corrected chi connectivity index (χ2v) is 5.45. The maximum absolute atomic E-state index is 13.8. The molecule has 0 bridgehead atoms. The third-order valence-corrected chi connectivity index (χ3v) is 3.81. The van der Waals surface area contributed by atoms with Gasteiger partial charge in [-0.25, -0.2) is 9.37 Å². The van der Waals surface area contributed by atoms with Gasteiger partial charge >= 0.3 is 0 Å². The molecule has 19 heavy (non-hydrogen) atoms. The van der Waals surface area contributed by atoms with Crippen LogP contribution < -0.4 is 4.90 Å². The van der Waals surface area contributed by atoms with Gasteiger partial charge in [0.15, 0.2) is 11.6 Å². The van der Waals surface area contributed by atoms with Gasteiger partial charge in [-0.2, -0.15) is 5.26 Å². The minimum absolute atomic E-state index is 0.0372. The summed E-state index contributed by atoms with van der Waals surface area (Å²) < 4.78 is 14.5. The Morgan fingerprint density at radius 1 is 1.47 bits per heavy atom. The molecule has 1 aromatic heterocycles. The quantitative estimate of drug-likeness (QED) is 0.855. The van der Waals surface area contributed by atoms with Crippen molar-refractivity contribution in [3.8, 4) is 6.07 Å². The summed E-state index contributed by atoms with van der Waals surface area (Å²) in [7, 11) is 0. The standard InChI is InChI=1S/C13H16BrFN4/c1-2-11(8-16)18-3-5-19(6-4-18)13-12(15)7-10(14)9-17-13/h7,9,11H,2-6H2,1H3. The van der Waals surface area contributed by atoms with Crippen LogP contribution in [0.1, 0.15) is 13.3 Å². The zero-order valence-corrected chi connectivity index (χ0v) is 12.4. The predicted octanol–water partition coefficient (Wildman–Crippen LogP) is 2.41. The molecule has 1 unspecified atom stereocenters. The first-order chi connectivity index (χ1) is 9.15. The van der Waals surface area contributed by atoms with E-state index in [0.29, 0.717) is 23.4 Å². The van der Waals surface area contributed by atoms with Crippen LogP contribution in [0.5, 0.6) is 0 Å². The van der Waals surface area contributed by atoms with Crippen LogP contribution in [0.3, 0.4) is 0 Å². The molecule has 1 saturated heterocycles. The van der Waals surface area contributed by atoms with Crippen molar-refractivity contribution in [1.29, 1.82) is 5.26 Å². The van der Waals surface area contributed by atoms with Crippen molar-refractivity contribution >= 4 is 21.7 Å². The molecule has 6 heteroatoms. The van der Waals surface area contributed by atoms with E-state index in [2.05, 4.69) is 31.9 Å². The lowest BCUT2D eigenvalue weighted by Gasteiger charge is -2.37. The number of piperazine rings is 1. The Balaban J connectivity index is 2.02. The van der Waals surface area contributed by atoms with Gasteiger partial charge in [0.1, 0.15) is 0 Å². The summed E-state index contributed by atoms with van der Waals surface area (Å²) in [5, 5.41) is 9.05. The van der Waals surface area contributed by atoms with Gasteiger partial charge in [0.2, 0.25) is 0 Å². The van der Waals surface area contributed by atoms with Crippen molar-refractivity contribution in [1.82, 2.24) is 9.88 Å². The van der Waals surface area contributed by atoms with Gasteiger partial charge in [-0.3, -0.25) is 4.90 Å². The molecule has 0 aliphatic carbocycles. The minimum atomic E-state index is -0.310. The molecular weight excluding hydrogens is 311 g/mol. The third-order valence-electron chi connectivity index (χ3n) is 3.38. The summed E-state index contributed by atoms with van der Waals surface area (Å²) in [5.41, 5.74) is 0. The largest absolute Gasteiger partial charge is 0.352 e. The fourth-order valence-corrected chi connectivity index (χ4v) is 2.62. The van der Waals surface area contributed by atoms with Gasteiger partial charge in [-0.15, -0.1) is 0 Å². The summed E-state index contributed by atoms with van der Waals surface area (Å²) in [6, 6.07) is 3.70. The van der Waals surface area contributed by atoms with Crippen LogP contribution >= 0.6 is 15.9 Å². The van der Waals surface area contributed by atoms with Crippen LogP contribution in [0, 0.1) is 17.1 Å². The number of nitriles is 1. The van der Waals surface area contributed by atoms with Gasteiger partial charge < -0.3 is 4.90 Å². The van der Waals surface area contributed by atoms with E-state index in [4.69, 9.17) is 5.26 Å². The van der Waals surface area contributed by atoms with E-state index in [0.717, 1.165) is 19.5 Å². The first-order valence-corrected chi connectivity index (χ1v) is 7.14. The lowest BCUT2D eigenvalue weighted by molar-refractivity contribution is 0.215. The minimum Gasteiger partial charge on any atom is -0.352 e. The van der Waals surface area contributed by atoms with Gasteiger partial charge in [-0.05, 0) is 28.4 Å². The zero-order valence-electron chi connectivity index (χ0n) is 10.8. The highest BCUT2D eigenvalue weighted by Crippen LogP contribution is 2.21. The number of halogens is 2. The van der Waals surface area contributed by atoms with Crippen molar-refractivity contribution in [3.05, 3.63) is 22.6 Å². The number of rotatable bonds is 3. The second kappa shape index (κ2) is 6.31. The maximum atomic E-state index is 13.8. The Labute approximate surface area is 121 Å². The van der Waals surface area contributed by atoms with Crippen LogP contribution in [-0.2, 0) is 0 Å². The Morgan fingerprint density at radius 2 is 2.16 bits per heavy atom. The molecule has 2 rings (SSSR count). The van der Waals surface area contributed by atoms with Gasteiger partial charge in [-0.1, -0.05) is 6.92 Å². The number of nitrogens with zero attached hydrogens (tertiary/aromatic N) is 4. The van der Waals surface area contributed by atoms with E-state index in [1.807, 2.05) is 11.8 Å². The molecule has 0 saturated carbocycles. The van der Waals surface area contributed by atoms with Crippen LogP contribution in [0.4, 0.5) is 10.2 Å². The highest BCUT2D eigenvalue weighted by Gasteiger charge is 2.24. The molecule has 102 valence electrons. The monoisotopic (exact) mass is 326 g/mol. The number of pyridine rings is 1. The Bertz CT molecular complexity index is 480. The Morgan fingerprint density at radius 3 is 2.68 bits per heavy atom. The Hall–Kier alpha value is -1.19. The molecule has 0 amide bonds. The van der Waals surface area contributed by atoms with Gasteiger partial charge in [0, 0.05) is 36.8 Å². The molecule has 1 aliphatic rings. The van der Waals surface area contributed by atoms with Gasteiger partial charge in [0.25, 0.3) is 0 Å². The first-order valence-electron chi connectivity index (χ1n) is 6.35. The maximum Gasteiger partial charge on any atom is 0.166 e. The number of hydrogen-bond donors (Lipinski definition) is 0. The predicted molar refractivity (Wildman–Crippen MR) is 75.4 cm³/mol. The number of anilines is 1. The van der Waals surface area contributed by atoms with Gasteiger partial charge in [0.05, 0.1) is 12.1 Å². The highest BCUT2D eigenvalue weighted by molar-refractivity contribution is 9.10. The molecule has 0 radical (unpaired) electrons. The fourth-order valence-electron chi connectivity index (χ4n) is 2.32. The highest BCUT2D eigenvalue weighted by atomic mass is 79.9. The van der Waals surface area contributed by atoms with E-state index < -0.39 is 0 Å². The van der Waals surface area contributed by atoms with E-state index in [1.54, 1.807) is 6.20 Å².